The van der Waals surface area contributed by atoms with Crippen LogP contribution in [0.4, 0.5) is 10.2 Å². The molecule has 2 fully saturated rings. The number of amides is 1. The van der Waals surface area contributed by atoms with Gasteiger partial charge in [-0.2, -0.15) is 0 Å². The summed E-state index contributed by atoms with van der Waals surface area (Å²) in [5.74, 6) is 0.530. The molecule has 2 aliphatic rings. The number of aliphatic hydroxyl groups excluding tert-OH is 1. The molecule has 1 amide bonds. The molecule has 3 heterocycles. The van der Waals surface area contributed by atoms with Gasteiger partial charge < -0.3 is 14.9 Å². The number of rotatable bonds is 3. The number of fused-ring (bicyclic) bond motifs is 1. The van der Waals surface area contributed by atoms with Crippen molar-refractivity contribution < 1.29 is 14.3 Å². The highest BCUT2D eigenvalue weighted by Crippen LogP contribution is 2.28. The third-order valence-corrected chi connectivity index (χ3v) is 6.96. The molecule has 1 aromatic heterocycles. The second-order valence-corrected chi connectivity index (χ2v) is 9.27. The van der Waals surface area contributed by atoms with Crippen LogP contribution in [0.3, 0.4) is 0 Å². The summed E-state index contributed by atoms with van der Waals surface area (Å²) in [5.41, 5.74) is 2.35. The number of piperazine rings is 1. The van der Waals surface area contributed by atoms with Crippen LogP contribution in [0.25, 0.3) is 10.9 Å². The Morgan fingerprint density at radius 3 is 2.52 bits per heavy atom. The molecule has 3 aromatic rings. The SMILES string of the molecule is Cc1cc(N2CC(O)C(N3CCN(C(=O)c4ccc(Cl)cc4)CC3)C2)nc2ccc(F)cc12. The third-order valence-electron chi connectivity index (χ3n) is 6.71. The molecule has 172 valence electrons. The molecule has 0 saturated carbocycles. The summed E-state index contributed by atoms with van der Waals surface area (Å²) in [4.78, 5) is 23.7. The van der Waals surface area contributed by atoms with Crippen molar-refractivity contribution in [2.45, 2.75) is 19.1 Å². The number of β-amino-alcohol motifs (C(OH)–C–C–N with tert-alkyl or cyclic N) is 1. The van der Waals surface area contributed by atoms with Crippen LogP contribution in [0.5, 0.6) is 0 Å². The Kier molecular flexibility index (Phi) is 5.95. The Morgan fingerprint density at radius 2 is 1.79 bits per heavy atom. The molecular formula is C25H26ClFN4O2. The van der Waals surface area contributed by atoms with Crippen molar-refractivity contribution in [1.29, 1.82) is 0 Å². The fourth-order valence-corrected chi connectivity index (χ4v) is 4.98. The van der Waals surface area contributed by atoms with E-state index in [0.717, 1.165) is 22.3 Å². The van der Waals surface area contributed by atoms with E-state index in [0.29, 0.717) is 49.9 Å². The predicted octanol–water partition coefficient (Wildman–Crippen LogP) is 3.34. The van der Waals surface area contributed by atoms with Gasteiger partial charge in [-0.3, -0.25) is 9.69 Å². The molecule has 33 heavy (non-hydrogen) atoms. The van der Waals surface area contributed by atoms with Gasteiger partial charge in [0.2, 0.25) is 0 Å². The monoisotopic (exact) mass is 468 g/mol. The molecule has 8 heteroatoms. The van der Waals surface area contributed by atoms with Gasteiger partial charge in [-0.1, -0.05) is 11.6 Å². The Morgan fingerprint density at radius 1 is 1.06 bits per heavy atom. The number of aliphatic hydroxyl groups is 1. The Hall–Kier alpha value is -2.74. The van der Waals surface area contributed by atoms with Gasteiger partial charge in [0.25, 0.3) is 5.91 Å². The molecule has 6 nitrogen and oxygen atoms in total. The second-order valence-electron chi connectivity index (χ2n) is 8.83. The maximum Gasteiger partial charge on any atom is 0.253 e. The molecule has 2 saturated heterocycles. The maximum absolute atomic E-state index is 13.6. The van der Waals surface area contributed by atoms with Crippen LogP contribution in [0.15, 0.2) is 48.5 Å². The Labute approximate surface area is 197 Å². The van der Waals surface area contributed by atoms with Crippen LogP contribution < -0.4 is 4.90 Å². The highest BCUT2D eigenvalue weighted by Gasteiger charge is 2.38. The van der Waals surface area contributed by atoms with E-state index < -0.39 is 6.10 Å². The lowest BCUT2D eigenvalue weighted by atomic mass is 10.1. The molecule has 0 radical (unpaired) electrons. The van der Waals surface area contributed by atoms with Crippen molar-refractivity contribution in [3.8, 4) is 0 Å². The fraction of sp³-hybridized carbons (Fsp3) is 0.360. The predicted molar refractivity (Wildman–Crippen MR) is 127 cm³/mol. The number of halogens is 2. The summed E-state index contributed by atoms with van der Waals surface area (Å²) in [6.45, 7) is 5.75. The summed E-state index contributed by atoms with van der Waals surface area (Å²) < 4.78 is 13.6. The molecule has 2 atom stereocenters. The van der Waals surface area contributed by atoms with Gasteiger partial charge >= 0.3 is 0 Å². The van der Waals surface area contributed by atoms with Gasteiger partial charge in [-0.25, -0.2) is 9.37 Å². The number of hydrogen-bond acceptors (Lipinski definition) is 5. The molecule has 1 N–H and O–H groups in total. The number of carbonyl (C=O) groups excluding carboxylic acids is 1. The zero-order valence-corrected chi connectivity index (χ0v) is 19.2. The van der Waals surface area contributed by atoms with Gasteiger partial charge in [-0.15, -0.1) is 0 Å². The largest absolute Gasteiger partial charge is 0.390 e. The smallest absolute Gasteiger partial charge is 0.253 e. The molecular weight excluding hydrogens is 443 g/mol. The van der Waals surface area contributed by atoms with E-state index in [-0.39, 0.29) is 17.8 Å². The van der Waals surface area contributed by atoms with Crippen LogP contribution in [0.1, 0.15) is 15.9 Å². The van der Waals surface area contributed by atoms with Crippen molar-refractivity contribution in [3.63, 3.8) is 0 Å². The van der Waals surface area contributed by atoms with E-state index in [4.69, 9.17) is 16.6 Å². The first-order valence-corrected chi connectivity index (χ1v) is 11.6. The van der Waals surface area contributed by atoms with Crippen LogP contribution >= 0.6 is 11.6 Å². The number of aromatic nitrogens is 1. The summed E-state index contributed by atoms with van der Waals surface area (Å²) >= 11 is 5.93. The van der Waals surface area contributed by atoms with Gasteiger partial charge in [-0.05, 0) is 61.0 Å². The van der Waals surface area contributed by atoms with Gasteiger partial charge in [0.15, 0.2) is 0 Å². The zero-order valence-electron chi connectivity index (χ0n) is 18.4. The first-order valence-electron chi connectivity index (χ1n) is 11.2. The standard InChI is InChI=1S/C25H26ClFN4O2/c1-16-12-24(28-21-7-6-19(27)13-20(16)21)31-14-22(23(32)15-31)29-8-10-30(11-9-29)25(33)17-2-4-18(26)5-3-17/h2-7,12-13,22-23,32H,8-11,14-15H2,1H3. The van der Waals surface area contributed by atoms with Gasteiger partial charge in [0.1, 0.15) is 11.6 Å². The Bertz CT molecular complexity index is 1180. The van der Waals surface area contributed by atoms with Gasteiger partial charge in [0.05, 0.1) is 17.7 Å². The van der Waals surface area contributed by atoms with Crippen molar-refractivity contribution in [1.82, 2.24) is 14.8 Å². The van der Waals surface area contributed by atoms with Crippen LogP contribution in [0, 0.1) is 12.7 Å². The minimum atomic E-state index is -0.505. The van der Waals surface area contributed by atoms with Crippen LogP contribution in [0.2, 0.25) is 5.02 Å². The molecule has 2 unspecified atom stereocenters. The third kappa shape index (κ3) is 4.40. The van der Waals surface area contributed by atoms with Crippen molar-refractivity contribution in [3.05, 3.63) is 70.5 Å². The molecule has 5 rings (SSSR count). The number of benzene rings is 2. The van der Waals surface area contributed by atoms with E-state index in [9.17, 15) is 14.3 Å². The number of anilines is 1. The molecule has 2 aliphatic heterocycles. The molecule has 2 aromatic carbocycles. The lowest BCUT2D eigenvalue weighted by Gasteiger charge is -2.38. The lowest BCUT2D eigenvalue weighted by Crippen LogP contribution is -2.54. The average molecular weight is 469 g/mol. The summed E-state index contributed by atoms with van der Waals surface area (Å²) in [6, 6.07) is 13.5. The van der Waals surface area contributed by atoms with E-state index in [1.165, 1.54) is 12.1 Å². The highest BCUT2D eigenvalue weighted by molar-refractivity contribution is 6.30. The van der Waals surface area contributed by atoms with Crippen LogP contribution in [-0.4, -0.2) is 77.2 Å². The minimum absolute atomic E-state index is 0.00666. The molecule has 0 aliphatic carbocycles. The lowest BCUT2D eigenvalue weighted by molar-refractivity contribution is 0.0376. The summed E-state index contributed by atoms with van der Waals surface area (Å²) in [6.07, 6.45) is -0.505. The minimum Gasteiger partial charge on any atom is -0.390 e. The normalized spacial score (nSPS) is 21.7. The topological polar surface area (TPSA) is 59.9 Å². The van der Waals surface area contributed by atoms with Crippen LogP contribution in [-0.2, 0) is 0 Å². The number of carbonyl (C=O) groups is 1. The second kappa shape index (κ2) is 8.89. The molecule has 0 spiro atoms. The number of aryl methyl sites for hydroxylation is 1. The number of hydrogen-bond donors (Lipinski definition) is 1. The van der Waals surface area contributed by atoms with E-state index in [1.807, 2.05) is 17.9 Å². The van der Waals surface area contributed by atoms with Crippen molar-refractivity contribution >= 4 is 34.2 Å². The van der Waals surface area contributed by atoms with Gasteiger partial charge in [0, 0.05) is 55.2 Å². The fourth-order valence-electron chi connectivity index (χ4n) is 4.86. The van der Waals surface area contributed by atoms with Crippen molar-refractivity contribution in [2.24, 2.45) is 0 Å². The average Bonchev–Trinajstić information content (AvgIpc) is 3.21. The molecule has 0 bridgehead atoms. The summed E-state index contributed by atoms with van der Waals surface area (Å²) in [5, 5.41) is 12.2. The zero-order chi connectivity index (χ0) is 23.1. The summed E-state index contributed by atoms with van der Waals surface area (Å²) in [7, 11) is 0. The highest BCUT2D eigenvalue weighted by atomic mass is 35.5. The first-order chi connectivity index (χ1) is 15.9. The Balaban J connectivity index is 1.25. The quantitative estimate of drug-likeness (QED) is 0.639. The maximum atomic E-state index is 13.6. The van der Waals surface area contributed by atoms with E-state index in [1.54, 1.807) is 30.3 Å². The first kappa shape index (κ1) is 22.1. The van der Waals surface area contributed by atoms with E-state index >= 15 is 0 Å². The van der Waals surface area contributed by atoms with E-state index in [2.05, 4.69) is 9.80 Å². The number of pyridine rings is 1. The van der Waals surface area contributed by atoms with Crippen molar-refractivity contribution in [2.75, 3.05) is 44.2 Å². The number of nitrogens with zero attached hydrogens (tertiary/aromatic N) is 4.